The molecule has 9 heteroatoms. The Morgan fingerprint density at radius 3 is 2.00 bits per heavy atom. The fourth-order valence-corrected chi connectivity index (χ4v) is 5.96. The van der Waals surface area contributed by atoms with E-state index in [1.165, 1.54) is 22.7 Å². The summed E-state index contributed by atoms with van der Waals surface area (Å²) in [5.74, 6) is -1.45. The van der Waals surface area contributed by atoms with Gasteiger partial charge in [-0.15, -0.1) is 22.7 Å². The third-order valence-electron chi connectivity index (χ3n) is 3.93. The fraction of sp³-hybridized carbons (Fsp3) is 0.222. The molecule has 4 aromatic rings. The van der Waals surface area contributed by atoms with E-state index in [0.717, 1.165) is 6.67 Å². The summed E-state index contributed by atoms with van der Waals surface area (Å²) in [6, 6.07) is 7.26. The number of hydrogen-bond acceptors (Lipinski definition) is 4. The third kappa shape index (κ3) is 3.58. The Morgan fingerprint density at radius 1 is 1.00 bits per heavy atom. The minimum Gasteiger partial charge on any atom is -0.203 e. The lowest BCUT2D eigenvalue weighted by Gasteiger charge is -2.07. The van der Waals surface area contributed by atoms with Crippen molar-refractivity contribution in [2.75, 3.05) is 0 Å². The Morgan fingerprint density at radius 2 is 1.56 bits per heavy atom. The molecule has 1 aromatic carbocycles. The highest BCUT2D eigenvalue weighted by atomic mass is 127. The van der Waals surface area contributed by atoms with Gasteiger partial charge in [0.1, 0.15) is 11.0 Å². The molecule has 0 spiro atoms. The van der Waals surface area contributed by atoms with Crippen LogP contribution in [0.3, 0.4) is 0 Å². The van der Waals surface area contributed by atoms with Crippen molar-refractivity contribution in [3.05, 3.63) is 42.6 Å². The molecule has 3 nitrogen and oxygen atoms in total. The molecule has 27 heavy (non-hydrogen) atoms. The monoisotopic (exact) mass is 579 g/mol. The van der Waals surface area contributed by atoms with E-state index in [4.69, 9.17) is 0 Å². The number of thiophene rings is 2. The average molecular weight is 580 g/mol. The second-order valence-electron chi connectivity index (χ2n) is 6.43. The standard InChI is InChI=1S/C18H13BrF2IN3S2/c1-8(2)7-25-23-17-13(9-3-5-11(19)26-9)15(20)16(21)14(18(17)24-25)10-4-6-12(22)27-10/h3-6,8H,7H2,1-2H3. The van der Waals surface area contributed by atoms with Gasteiger partial charge in [-0.1, -0.05) is 13.8 Å². The van der Waals surface area contributed by atoms with Gasteiger partial charge in [0, 0.05) is 9.75 Å². The zero-order valence-corrected chi connectivity index (χ0v) is 19.6. The minimum absolute atomic E-state index is 0.170. The van der Waals surface area contributed by atoms with Crippen LogP contribution in [0.1, 0.15) is 13.8 Å². The molecule has 4 rings (SSSR count). The van der Waals surface area contributed by atoms with Gasteiger partial charge >= 0.3 is 0 Å². The summed E-state index contributed by atoms with van der Waals surface area (Å²) in [7, 11) is 0. The number of halogens is 4. The van der Waals surface area contributed by atoms with Crippen molar-refractivity contribution in [3.8, 4) is 20.9 Å². The van der Waals surface area contributed by atoms with Gasteiger partial charge in [0.15, 0.2) is 11.6 Å². The van der Waals surface area contributed by atoms with Gasteiger partial charge in [-0.05, 0) is 68.7 Å². The summed E-state index contributed by atoms with van der Waals surface area (Å²) < 4.78 is 32.2. The lowest BCUT2D eigenvalue weighted by atomic mass is 10.0. The van der Waals surface area contributed by atoms with Gasteiger partial charge < -0.3 is 0 Å². The summed E-state index contributed by atoms with van der Waals surface area (Å²) in [5.41, 5.74) is 1.14. The maximum absolute atomic E-state index is 15.2. The number of hydrogen-bond donors (Lipinski definition) is 0. The van der Waals surface area contributed by atoms with E-state index in [1.54, 1.807) is 16.9 Å². The third-order valence-corrected chi connectivity index (χ3v) is 7.48. The second-order valence-corrected chi connectivity index (χ2v) is 11.9. The molecule has 0 unspecified atom stereocenters. The molecule has 0 aliphatic carbocycles. The normalized spacial score (nSPS) is 11.8. The van der Waals surface area contributed by atoms with Gasteiger partial charge in [-0.25, -0.2) is 8.78 Å². The van der Waals surface area contributed by atoms with Crippen LogP contribution in [0.2, 0.25) is 0 Å². The maximum Gasteiger partial charge on any atom is 0.170 e. The van der Waals surface area contributed by atoms with Crippen molar-refractivity contribution in [2.45, 2.75) is 20.4 Å². The molecule has 3 heterocycles. The van der Waals surface area contributed by atoms with E-state index in [0.29, 0.717) is 33.3 Å². The van der Waals surface area contributed by atoms with Gasteiger partial charge in [0.25, 0.3) is 0 Å². The first-order valence-corrected chi connectivity index (χ1v) is 11.6. The number of nitrogens with zero attached hydrogens (tertiary/aromatic N) is 3. The minimum atomic E-state index is -0.883. The molecule has 0 bridgehead atoms. The van der Waals surface area contributed by atoms with Crippen LogP contribution in [-0.4, -0.2) is 15.0 Å². The number of fused-ring (bicyclic) bond motifs is 1. The lowest BCUT2D eigenvalue weighted by molar-refractivity contribution is 0.442. The van der Waals surface area contributed by atoms with E-state index >= 15 is 8.78 Å². The van der Waals surface area contributed by atoms with Crippen molar-refractivity contribution in [1.29, 1.82) is 0 Å². The van der Waals surface area contributed by atoms with Gasteiger partial charge in [0.2, 0.25) is 0 Å². The summed E-state index contributed by atoms with van der Waals surface area (Å²) >= 11 is 8.31. The van der Waals surface area contributed by atoms with Gasteiger partial charge in [-0.2, -0.15) is 15.0 Å². The lowest BCUT2D eigenvalue weighted by Crippen LogP contribution is -2.07. The van der Waals surface area contributed by atoms with Crippen LogP contribution in [-0.2, 0) is 6.54 Å². The molecular weight excluding hydrogens is 567 g/mol. The molecular formula is C18H13BrF2IN3S2. The van der Waals surface area contributed by atoms with Gasteiger partial charge in [0.05, 0.1) is 24.3 Å². The molecule has 140 valence electrons. The Kier molecular flexibility index (Phi) is 5.38. The molecule has 0 aliphatic heterocycles. The Labute approximate surface area is 184 Å². The molecule has 0 atom stereocenters. The van der Waals surface area contributed by atoms with E-state index in [9.17, 15) is 0 Å². The van der Waals surface area contributed by atoms with Crippen molar-refractivity contribution >= 4 is 72.2 Å². The van der Waals surface area contributed by atoms with Crippen LogP contribution in [0.25, 0.3) is 31.9 Å². The van der Waals surface area contributed by atoms with Crippen molar-refractivity contribution in [1.82, 2.24) is 15.0 Å². The molecule has 0 amide bonds. The number of rotatable bonds is 4. The first kappa shape index (κ1) is 19.4. The zero-order chi connectivity index (χ0) is 19.3. The molecule has 0 fully saturated rings. The predicted octanol–water partition coefficient (Wildman–Crippen LogP) is 7.19. The molecule has 0 N–H and O–H groups in total. The SMILES string of the molecule is CC(C)Cn1nc2c(-c3ccc(Br)s3)c(F)c(F)c(-c3ccc(I)s3)c2n1. The summed E-state index contributed by atoms with van der Waals surface area (Å²) in [4.78, 5) is 2.81. The molecule has 0 saturated heterocycles. The van der Waals surface area contributed by atoms with E-state index in [-0.39, 0.29) is 11.1 Å². The summed E-state index contributed by atoms with van der Waals surface area (Å²) in [6.45, 7) is 4.68. The highest BCUT2D eigenvalue weighted by Gasteiger charge is 2.27. The highest BCUT2D eigenvalue weighted by Crippen LogP contribution is 2.43. The van der Waals surface area contributed by atoms with E-state index < -0.39 is 11.6 Å². The van der Waals surface area contributed by atoms with E-state index in [2.05, 4.69) is 62.6 Å². The Hall–Kier alpha value is -0.910. The summed E-state index contributed by atoms with van der Waals surface area (Å²) in [6.07, 6.45) is 0. The summed E-state index contributed by atoms with van der Waals surface area (Å²) in [5, 5.41) is 9.06. The first-order valence-electron chi connectivity index (χ1n) is 8.12. The second kappa shape index (κ2) is 7.49. The fourth-order valence-electron chi connectivity index (χ4n) is 2.87. The molecule has 0 aliphatic rings. The largest absolute Gasteiger partial charge is 0.203 e. The smallest absolute Gasteiger partial charge is 0.170 e. The van der Waals surface area contributed by atoms with E-state index in [1.807, 2.05) is 12.1 Å². The molecule has 0 radical (unpaired) electrons. The van der Waals surface area contributed by atoms with Crippen LogP contribution in [0.5, 0.6) is 0 Å². The zero-order valence-electron chi connectivity index (χ0n) is 14.3. The number of benzene rings is 1. The quantitative estimate of drug-likeness (QED) is 0.240. The van der Waals surface area contributed by atoms with Crippen molar-refractivity contribution < 1.29 is 8.78 Å². The first-order chi connectivity index (χ1) is 12.8. The average Bonchev–Trinajstić information content (AvgIpc) is 3.29. The van der Waals surface area contributed by atoms with Crippen LogP contribution < -0.4 is 0 Å². The van der Waals surface area contributed by atoms with Crippen LogP contribution >= 0.6 is 61.2 Å². The van der Waals surface area contributed by atoms with Crippen LogP contribution in [0, 0.1) is 20.4 Å². The predicted molar refractivity (Wildman–Crippen MR) is 119 cm³/mol. The van der Waals surface area contributed by atoms with Crippen molar-refractivity contribution in [2.24, 2.45) is 5.92 Å². The molecule has 3 aromatic heterocycles. The number of aromatic nitrogens is 3. The Balaban J connectivity index is 2.07. The Bertz CT molecular complexity index is 1070. The molecule has 0 saturated carbocycles. The topological polar surface area (TPSA) is 30.7 Å². The van der Waals surface area contributed by atoms with Crippen molar-refractivity contribution in [3.63, 3.8) is 0 Å². The maximum atomic E-state index is 15.2. The van der Waals surface area contributed by atoms with Crippen LogP contribution in [0.4, 0.5) is 8.78 Å². The highest BCUT2D eigenvalue weighted by molar-refractivity contribution is 14.1. The van der Waals surface area contributed by atoms with Gasteiger partial charge in [-0.3, -0.25) is 0 Å². The van der Waals surface area contributed by atoms with Crippen LogP contribution in [0.15, 0.2) is 28.1 Å².